The number of rotatable bonds is 4. The van der Waals surface area contributed by atoms with Crippen molar-refractivity contribution in [2.45, 2.75) is 6.92 Å². The summed E-state index contributed by atoms with van der Waals surface area (Å²) >= 11 is 6.10. The number of amides is 1. The summed E-state index contributed by atoms with van der Waals surface area (Å²) in [5.41, 5.74) is 1.88. The zero-order valence-electron chi connectivity index (χ0n) is 13.6. The maximum Gasteiger partial charge on any atom is 0.241 e. The molecule has 0 unspecified atom stereocenters. The highest BCUT2D eigenvalue weighted by Gasteiger charge is 2.22. The third-order valence-corrected chi connectivity index (χ3v) is 4.49. The van der Waals surface area contributed by atoms with E-state index < -0.39 is 0 Å². The third kappa shape index (κ3) is 3.94. The molecule has 1 fully saturated rings. The van der Waals surface area contributed by atoms with Crippen LogP contribution in [0.15, 0.2) is 36.7 Å². The lowest BCUT2D eigenvalue weighted by molar-refractivity contribution is -0.129. The average molecular weight is 346 g/mol. The van der Waals surface area contributed by atoms with Gasteiger partial charge < -0.3 is 15.1 Å². The summed E-state index contributed by atoms with van der Waals surface area (Å²) in [5, 5.41) is 3.84. The molecule has 2 heterocycles. The SMILES string of the molecule is Cc1ccc(NCC(=O)N2CCN(c3ncccn3)CC2)cc1Cl. The number of halogens is 1. The van der Waals surface area contributed by atoms with Crippen molar-refractivity contribution in [1.82, 2.24) is 14.9 Å². The highest BCUT2D eigenvalue weighted by molar-refractivity contribution is 6.31. The number of anilines is 2. The molecule has 7 heteroatoms. The summed E-state index contributed by atoms with van der Waals surface area (Å²) in [5.74, 6) is 0.803. The minimum Gasteiger partial charge on any atom is -0.376 e. The van der Waals surface area contributed by atoms with Gasteiger partial charge in [-0.25, -0.2) is 9.97 Å². The first-order chi connectivity index (χ1) is 11.6. The van der Waals surface area contributed by atoms with E-state index in [1.807, 2.05) is 30.0 Å². The van der Waals surface area contributed by atoms with Crippen molar-refractivity contribution in [2.75, 3.05) is 42.9 Å². The van der Waals surface area contributed by atoms with Gasteiger partial charge >= 0.3 is 0 Å². The highest BCUT2D eigenvalue weighted by Crippen LogP contribution is 2.19. The number of nitrogens with one attached hydrogen (secondary N) is 1. The fourth-order valence-corrected chi connectivity index (χ4v) is 2.78. The van der Waals surface area contributed by atoms with Crippen molar-refractivity contribution in [2.24, 2.45) is 0 Å². The van der Waals surface area contributed by atoms with Crippen LogP contribution in [0.5, 0.6) is 0 Å². The third-order valence-electron chi connectivity index (χ3n) is 4.08. The smallest absolute Gasteiger partial charge is 0.241 e. The van der Waals surface area contributed by atoms with E-state index in [0.717, 1.165) is 30.3 Å². The molecular weight excluding hydrogens is 326 g/mol. The van der Waals surface area contributed by atoms with E-state index in [4.69, 9.17) is 11.6 Å². The molecule has 3 rings (SSSR count). The Morgan fingerprint density at radius 3 is 2.58 bits per heavy atom. The molecule has 1 aromatic carbocycles. The number of aromatic nitrogens is 2. The molecule has 0 atom stereocenters. The maximum atomic E-state index is 12.3. The van der Waals surface area contributed by atoms with Crippen molar-refractivity contribution in [3.8, 4) is 0 Å². The Balaban J connectivity index is 1.49. The Bertz CT molecular complexity index is 701. The molecule has 6 nitrogen and oxygen atoms in total. The molecule has 1 amide bonds. The van der Waals surface area contributed by atoms with Crippen LogP contribution in [0, 0.1) is 6.92 Å². The molecule has 1 aliphatic rings. The van der Waals surface area contributed by atoms with Gasteiger partial charge in [-0.15, -0.1) is 0 Å². The molecule has 1 aromatic heterocycles. The number of carbonyl (C=O) groups excluding carboxylic acids is 1. The number of nitrogens with zero attached hydrogens (tertiary/aromatic N) is 4. The van der Waals surface area contributed by atoms with Gasteiger partial charge in [0, 0.05) is 49.3 Å². The summed E-state index contributed by atoms with van der Waals surface area (Å²) in [6, 6.07) is 7.51. The Hall–Kier alpha value is -2.34. The Kier molecular flexibility index (Phi) is 5.15. The van der Waals surface area contributed by atoms with Crippen LogP contribution >= 0.6 is 11.6 Å². The molecule has 1 aliphatic heterocycles. The predicted octanol–water partition coefficient (Wildman–Crippen LogP) is 2.20. The number of piperazine rings is 1. The van der Waals surface area contributed by atoms with Gasteiger partial charge in [-0.3, -0.25) is 4.79 Å². The fraction of sp³-hybridized carbons (Fsp3) is 0.353. The van der Waals surface area contributed by atoms with Crippen molar-refractivity contribution in [3.63, 3.8) is 0 Å². The van der Waals surface area contributed by atoms with Gasteiger partial charge in [-0.1, -0.05) is 17.7 Å². The predicted molar refractivity (Wildman–Crippen MR) is 95.5 cm³/mol. The van der Waals surface area contributed by atoms with Crippen LogP contribution in [-0.2, 0) is 4.79 Å². The van der Waals surface area contributed by atoms with Gasteiger partial charge in [0.2, 0.25) is 11.9 Å². The average Bonchev–Trinajstić information content (AvgIpc) is 2.63. The second-order valence-corrected chi connectivity index (χ2v) is 6.14. The van der Waals surface area contributed by atoms with Crippen LogP contribution in [0.3, 0.4) is 0 Å². The number of hydrogen-bond donors (Lipinski definition) is 1. The number of hydrogen-bond acceptors (Lipinski definition) is 5. The van der Waals surface area contributed by atoms with Crippen LogP contribution in [0.1, 0.15) is 5.56 Å². The van der Waals surface area contributed by atoms with E-state index in [9.17, 15) is 4.79 Å². The van der Waals surface area contributed by atoms with Crippen molar-refractivity contribution in [1.29, 1.82) is 0 Å². The fourth-order valence-electron chi connectivity index (χ4n) is 2.60. The second kappa shape index (κ2) is 7.49. The second-order valence-electron chi connectivity index (χ2n) is 5.73. The number of carbonyl (C=O) groups is 1. The molecule has 0 radical (unpaired) electrons. The normalized spacial score (nSPS) is 14.6. The van der Waals surface area contributed by atoms with E-state index in [1.54, 1.807) is 18.5 Å². The summed E-state index contributed by atoms with van der Waals surface area (Å²) < 4.78 is 0. The van der Waals surface area contributed by atoms with Crippen LogP contribution in [-0.4, -0.2) is 53.5 Å². The number of aryl methyl sites for hydroxylation is 1. The largest absolute Gasteiger partial charge is 0.376 e. The van der Waals surface area contributed by atoms with E-state index in [1.165, 1.54) is 0 Å². The van der Waals surface area contributed by atoms with Gasteiger partial charge in [-0.05, 0) is 30.7 Å². The summed E-state index contributed by atoms with van der Waals surface area (Å²) in [6.07, 6.45) is 3.47. The van der Waals surface area contributed by atoms with Gasteiger partial charge in [0.05, 0.1) is 6.54 Å². The zero-order valence-corrected chi connectivity index (χ0v) is 14.3. The first-order valence-electron chi connectivity index (χ1n) is 7.93. The van der Waals surface area contributed by atoms with E-state index in [-0.39, 0.29) is 12.5 Å². The Morgan fingerprint density at radius 1 is 1.21 bits per heavy atom. The monoisotopic (exact) mass is 345 g/mol. The summed E-state index contributed by atoms with van der Waals surface area (Å²) in [6.45, 7) is 5.05. The van der Waals surface area contributed by atoms with Gasteiger partial charge in [0.25, 0.3) is 0 Å². The van der Waals surface area contributed by atoms with Gasteiger partial charge in [-0.2, -0.15) is 0 Å². The van der Waals surface area contributed by atoms with Crippen LogP contribution in [0.4, 0.5) is 11.6 Å². The Labute approximate surface area is 146 Å². The quantitative estimate of drug-likeness (QED) is 0.920. The maximum absolute atomic E-state index is 12.3. The Morgan fingerprint density at radius 2 is 1.92 bits per heavy atom. The first-order valence-corrected chi connectivity index (χ1v) is 8.31. The summed E-state index contributed by atoms with van der Waals surface area (Å²) in [4.78, 5) is 24.8. The lowest BCUT2D eigenvalue weighted by atomic mass is 10.2. The molecule has 0 spiro atoms. The zero-order chi connectivity index (χ0) is 16.9. The lowest BCUT2D eigenvalue weighted by Crippen LogP contribution is -2.50. The number of benzene rings is 1. The minimum atomic E-state index is 0.0836. The molecule has 0 bridgehead atoms. The topological polar surface area (TPSA) is 61.4 Å². The molecule has 0 aliphatic carbocycles. The molecule has 1 N–H and O–H groups in total. The summed E-state index contributed by atoms with van der Waals surface area (Å²) in [7, 11) is 0. The van der Waals surface area contributed by atoms with Gasteiger partial charge in [0.1, 0.15) is 0 Å². The van der Waals surface area contributed by atoms with E-state index >= 15 is 0 Å². The van der Waals surface area contributed by atoms with Gasteiger partial charge in [0.15, 0.2) is 0 Å². The lowest BCUT2D eigenvalue weighted by Gasteiger charge is -2.34. The van der Waals surface area contributed by atoms with Crippen molar-refractivity contribution >= 4 is 29.1 Å². The molecule has 1 saturated heterocycles. The molecule has 24 heavy (non-hydrogen) atoms. The molecule has 0 saturated carbocycles. The van der Waals surface area contributed by atoms with Crippen LogP contribution in [0.2, 0.25) is 5.02 Å². The first kappa shape index (κ1) is 16.5. The standard InChI is InChI=1S/C17H20ClN5O/c1-13-3-4-14(11-15(13)18)21-12-16(24)22-7-9-23(10-8-22)17-19-5-2-6-20-17/h2-6,11,21H,7-10,12H2,1H3. The van der Waals surface area contributed by atoms with Crippen molar-refractivity contribution < 1.29 is 4.79 Å². The highest BCUT2D eigenvalue weighted by atomic mass is 35.5. The molecular formula is C17H20ClN5O. The molecule has 126 valence electrons. The van der Waals surface area contributed by atoms with E-state index in [0.29, 0.717) is 18.1 Å². The van der Waals surface area contributed by atoms with Crippen molar-refractivity contribution in [3.05, 3.63) is 47.2 Å². The van der Waals surface area contributed by atoms with E-state index in [2.05, 4.69) is 20.2 Å². The minimum absolute atomic E-state index is 0.0836. The van der Waals surface area contributed by atoms with Crippen LogP contribution < -0.4 is 10.2 Å². The molecule has 2 aromatic rings. The van der Waals surface area contributed by atoms with Crippen LogP contribution in [0.25, 0.3) is 0 Å².